The molecule has 1 atom stereocenters. The minimum absolute atomic E-state index is 0.132. The lowest BCUT2D eigenvalue weighted by Gasteiger charge is -2.19. The molecule has 0 bridgehead atoms. The molecule has 2 aromatic rings. The molecule has 1 nitrogen and oxygen atoms in total. The van der Waals surface area contributed by atoms with E-state index in [9.17, 15) is 13.2 Å². The molecule has 2 rings (SSSR count). The molecule has 0 spiro atoms. The van der Waals surface area contributed by atoms with Crippen molar-refractivity contribution < 1.29 is 13.2 Å². The average Bonchev–Trinajstić information content (AvgIpc) is 2.35. The smallest absolute Gasteiger partial charge is 0.316 e. The highest BCUT2D eigenvalue weighted by atomic mass is 19.4. The molecule has 0 unspecified atom stereocenters. The van der Waals surface area contributed by atoms with Gasteiger partial charge in [-0.2, -0.15) is 13.2 Å². The lowest BCUT2D eigenvalue weighted by atomic mass is 9.92. The molecule has 0 radical (unpaired) electrons. The Bertz CT molecular complexity index is 587. The van der Waals surface area contributed by atoms with Gasteiger partial charge in [-0.25, -0.2) is 0 Å². The summed E-state index contributed by atoms with van der Waals surface area (Å²) in [4.78, 5) is 0. The second kappa shape index (κ2) is 4.85. The summed E-state index contributed by atoms with van der Waals surface area (Å²) >= 11 is 0. The Morgan fingerprint density at radius 3 is 1.84 bits per heavy atom. The summed E-state index contributed by atoms with van der Waals surface area (Å²) in [6, 6.07) is 8.40. The van der Waals surface area contributed by atoms with Crippen LogP contribution in [0.4, 0.5) is 13.2 Å². The molecule has 0 saturated heterocycles. The fourth-order valence-corrected chi connectivity index (χ4v) is 2.31. The van der Waals surface area contributed by atoms with Crippen LogP contribution in [0.25, 0.3) is 10.8 Å². The topological polar surface area (TPSA) is 26.0 Å². The van der Waals surface area contributed by atoms with E-state index in [0.717, 1.165) is 10.9 Å². The number of hydrogen-bond acceptors (Lipinski definition) is 1. The van der Waals surface area contributed by atoms with E-state index in [-0.39, 0.29) is 11.5 Å². The Balaban J connectivity index is 2.68. The van der Waals surface area contributed by atoms with Crippen molar-refractivity contribution in [2.24, 2.45) is 5.73 Å². The molecule has 0 heterocycles. The zero-order valence-electron chi connectivity index (χ0n) is 10.8. The van der Waals surface area contributed by atoms with Gasteiger partial charge in [-0.1, -0.05) is 50.2 Å². The summed E-state index contributed by atoms with van der Waals surface area (Å²) in [5, 5.41) is 1.42. The number of nitrogens with two attached hydrogens (primary N) is 1. The molecule has 0 aliphatic carbocycles. The van der Waals surface area contributed by atoms with Gasteiger partial charge in [0.1, 0.15) is 6.04 Å². The van der Waals surface area contributed by atoms with Crippen LogP contribution >= 0.6 is 0 Å². The van der Waals surface area contributed by atoms with Gasteiger partial charge in [0.25, 0.3) is 0 Å². The minimum atomic E-state index is -4.43. The highest BCUT2D eigenvalue weighted by molar-refractivity contribution is 5.89. The lowest BCUT2D eigenvalue weighted by Crippen LogP contribution is -2.28. The number of benzene rings is 2. The molecule has 0 aliphatic rings. The third kappa shape index (κ3) is 2.59. The summed E-state index contributed by atoms with van der Waals surface area (Å²) in [7, 11) is 0. The second-order valence-electron chi connectivity index (χ2n) is 4.96. The molecule has 0 saturated carbocycles. The Labute approximate surface area is 110 Å². The van der Waals surface area contributed by atoms with Crippen LogP contribution in [0.15, 0.2) is 36.4 Å². The number of alkyl halides is 3. The minimum Gasteiger partial charge on any atom is -0.316 e. The molecule has 0 aromatic heterocycles. The van der Waals surface area contributed by atoms with E-state index in [0.29, 0.717) is 5.39 Å². The Hall–Kier alpha value is -1.55. The molecule has 0 amide bonds. The Morgan fingerprint density at radius 1 is 0.895 bits per heavy atom. The van der Waals surface area contributed by atoms with Crippen LogP contribution in [-0.2, 0) is 0 Å². The standard InChI is InChI=1S/C15H16F3N/c1-9(2)10-5-3-7-12-11(10)6-4-8-13(12)14(19)15(16,17)18/h3-9,14H,19H2,1-2H3/t14-/m0/s1. The lowest BCUT2D eigenvalue weighted by molar-refractivity contribution is -0.148. The Morgan fingerprint density at radius 2 is 1.37 bits per heavy atom. The third-order valence-corrected chi connectivity index (χ3v) is 3.30. The highest BCUT2D eigenvalue weighted by Gasteiger charge is 2.38. The molecular weight excluding hydrogens is 251 g/mol. The van der Waals surface area contributed by atoms with E-state index < -0.39 is 12.2 Å². The maximum Gasteiger partial charge on any atom is 0.407 e. The van der Waals surface area contributed by atoms with Gasteiger partial charge in [0.2, 0.25) is 0 Å². The van der Waals surface area contributed by atoms with Crippen molar-refractivity contribution in [2.75, 3.05) is 0 Å². The predicted molar refractivity (Wildman–Crippen MR) is 71.0 cm³/mol. The van der Waals surface area contributed by atoms with Crippen molar-refractivity contribution in [3.8, 4) is 0 Å². The fraction of sp³-hybridized carbons (Fsp3) is 0.333. The number of rotatable bonds is 2. The highest BCUT2D eigenvalue weighted by Crippen LogP contribution is 2.36. The van der Waals surface area contributed by atoms with E-state index in [1.165, 1.54) is 6.07 Å². The van der Waals surface area contributed by atoms with Crippen molar-refractivity contribution in [1.29, 1.82) is 0 Å². The quantitative estimate of drug-likeness (QED) is 0.850. The fourth-order valence-electron chi connectivity index (χ4n) is 2.31. The number of hydrogen-bond donors (Lipinski definition) is 1. The largest absolute Gasteiger partial charge is 0.407 e. The van der Waals surface area contributed by atoms with E-state index in [1.807, 2.05) is 26.0 Å². The Kier molecular flexibility index (Phi) is 3.54. The zero-order chi connectivity index (χ0) is 14.2. The van der Waals surface area contributed by atoms with Gasteiger partial charge in [-0.15, -0.1) is 0 Å². The van der Waals surface area contributed by atoms with E-state index in [4.69, 9.17) is 5.73 Å². The zero-order valence-corrected chi connectivity index (χ0v) is 10.8. The van der Waals surface area contributed by atoms with Gasteiger partial charge in [0.15, 0.2) is 0 Å². The van der Waals surface area contributed by atoms with E-state index in [1.54, 1.807) is 18.2 Å². The van der Waals surface area contributed by atoms with Crippen molar-refractivity contribution in [1.82, 2.24) is 0 Å². The van der Waals surface area contributed by atoms with Gasteiger partial charge in [0.05, 0.1) is 0 Å². The molecule has 102 valence electrons. The van der Waals surface area contributed by atoms with Crippen LogP contribution < -0.4 is 5.73 Å². The first-order valence-electron chi connectivity index (χ1n) is 6.16. The van der Waals surface area contributed by atoms with Crippen LogP contribution in [0, 0.1) is 0 Å². The van der Waals surface area contributed by atoms with Gasteiger partial charge < -0.3 is 5.73 Å². The summed E-state index contributed by atoms with van der Waals surface area (Å²) in [6.45, 7) is 4.04. The van der Waals surface area contributed by atoms with Crippen LogP contribution in [0.5, 0.6) is 0 Å². The first-order chi connectivity index (χ1) is 8.82. The van der Waals surface area contributed by atoms with Gasteiger partial charge in [0, 0.05) is 0 Å². The maximum absolute atomic E-state index is 12.8. The van der Waals surface area contributed by atoms with Crippen molar-refractivity contribution in [3.05, 3.63) is 47.5 Å². The monoisotopic (exact) mass is 267 g/mol. The summed E-state index contributed by atoms with van der Waals surface area (Å²) in [6.07, 6.45) is -4.43. The van der Waals surface area contributed by atoms with Crippen LogP contribution in [0.3, 0.4) is 0 Å². The van der Waals surface area contributed by atoms with E-state index >= 15 is 0 Å². The van der Waals surface area contributed by atoms with Crippen molar-refractivity contribution in [3.63, 3.8) is 0 Å². The maximum atomic E-state index is 12.8. The van der Waals surface area contributed by atoms with Crippen LogP contribution in [0.2, 0.25) is 0 Å². The first kappa shape index (κ1) is 13.9. The third-order valence-electron chi connectivity index (χ3n) is 3.30. The van der Waals surface area contributed by atoms with Crippen molar-refractivity contribution >= 4 is 10.8 Å². The molecule has 2 N–H and O–H groups in total. The molecule has 4 heteroatoms. The molecule has 0 aliphatic heterocycles. The van der Waals surface area contributed by atoms with Crippen molar-refractivity contribution in [2.45, 2.75) is 32.0 Å². The molecule has 2 aromatic carbocycles. The molecule has 0 fully saturated rings. The SMILES string of the molecule is CC(C)c1cccc2c([C@H](N)C(F)(F)F)cccc12. The van der Waals surface area contributed by atoms with Gasteiger partial charge in [-0.05, 0) is 27.8 Å². The predicted octanol–water partition coefficient (Wildman–Crippen LogP) is 4.53. The summed E-state index contributed by atoms with van der Waals surface area (Å²) in [5.41, 5.74) is 6.51. The number of halogens is 3. The van der Waals surface area contributed by atoms with E-state index in [2.05, 4.69) is 0 Å². The van der Waals surface area contributed by atoms with Gasteiger partial charge in [-0.3, -0.25) is 0 Å². The normalized spacial score (nSPS) is 14.1. The first-order valence-corrected chi connectivity index (χ1v) is 6.16. The summed E-state index contributed by atoms with van der Waals surface area (Å²) in [5.74, 6) is 0.251. The number of fused-ring (bicyclic) bond motifs is 1. The second-order valence-corrected chi connectivity index (χ2v) is 4.96. The average molecular weight is 267 g/mol. The summed E-state index contributed by atoms with van der Waals surface area (Å²) < 4.78 is 38.4. The molecule has 19 heavy (non-hydrogen) atoms. The molecular formula is C15H16F3N. The van der Waals surface area contributed by atoms with Gasteiger partial charge >= 0.3 is 6.18 Å². The van der Waals surface area contributed by atoms with Crippen LogP contribution in [0.1, 0.15) is 36.9 Å². The van der Waals surface area contributed by atoms with Crippen LogP contribution in [-0.4, -0.2) is 6.18 Å².